The van der Waals surface area contributed by atoms with Crippen molar-refractivity contribution < 1.29 is 114 Å². The SMILES string of the molecule is CCCCCCCCCCCCCC=CC(O)C(COC1OC(CO)C(OC2OC(CO)C(OC3OC(CO)C(O)C(O)C3NC(C)=O)C(OC3OC(CO)C(O)C(O)C3NC(C)=O)C2O)C(O)C1O)NC(=O)CCCCCCCCCCCCCCCCCCCCCCC. The Labute approximate surface area is 571 Å². The predicted molar refractivity (Wildman–Crippen MR) is 356 cm³/mol. The monoisotopic (exact) mass is 1380 g/mol. The molecule has 0 bridgehead atoms. The van der Waals surface area contributed by atoms with Crippen LogP contribution in [0.25, 0.3) is 0 Å². The van der Waals surface area contributed by atoms with Crippen LogP contribution >= 0.6 is 0 Å². The van der Waals surface area contributed by atoms with Crippen LogP contribution in [0.3, 0.4) is 0 Å². The molecule has 562 valence electrons. The Balaban J connectivity index is 1.40. The number of aliphatic hydroxyl groups excluding tert-OH is 12. The van der Waals surface area contributed by atoms with Crippen molar-refractivity contribution in [3.63, 3.8) is 0 Å². The number of ether oxygens (including phenoxy) is 8. The number of rotatable bonds is 52. The van der Waals surface area contributed by atoms with Gasteiger partial charge in [-0.25, -0.2) is 0 Å². The summed E-state index contributed by atoms with van der Waals surface area (Å²) in [7, 11) is 0. The van der Waals surface area contributed by atoms with Crippen molar-refractivity contribution in [2.75, 3.05) is 33.0 Å². The van der Waals surface area contributed by atoms with Gasteiger partial charge in [-0.1, -0.05) is 219 Å². The number of hydrogen-bond donors (Lipinski definition) is 15. The summed E-state index contributed by atoms with van der Waals surface area (Å²) < 4.78 is 48.2. The molecule has 4 rings (SSSR count). The van der Waals surface area contributed by atoms with Crippen molar-refractivity contribution >= 4 is 17.7 Å². The molecule has 22 atom stereocenters. The van der Waals surface area contributed by atoms with Gasteiger partial charge in [-0.2, -0.15) is 0 Å². The molecule has 15 N–H and O–H groups in total. The van der Waals surface area contributed by atoms with E-state index in [1.54, 1.807) is 6.08 Å². The molecule has 4 heterocycles. The van der Waals surface area contributed by atoms with Crippen LogP contribution in [-0.2, 0) is 52.3 Å². The van der Waals surface area contributed by atoms with Gasteiger partial charge in [0.1, 0.15) is 97.5 Å². The van der Waals surface area contributed by atoms with Crippen LogP contribution in [0.5, 0.6) is 0 Å². The Morgan fingerprint density at radius 3 is 1.17 bits per heavy atom. The van der Waals surface area contributed by atoms with E-state index in [0.717, 1.165) is 58.8 Å². The topological polar surface area (TPSA) is 404 Å². The second-order valence-corrected chi connectivity index (χ2v) is 27.2. The molecule has 4 aliphatic rings. The van der Waals surface area contributed by atoms with E-state index in [2.05, 4.69) is 29.8 Å². The van der Waals surface area contributed by atoms with Crippen molar-refractivity contribution in [3.8, 4) is 0 Å². The Kier molecular flexibility index (Phi) is 44.5. The van der Waals surface area contributed by atoms with Crippen molar-refractivity contribution in [1.29, 1.82) is 0 Å². The summed E-state index contributed by atoms with van der Waals surface area (Å²) in [4.78, 5) is 38.4. The van der Waals surface area contributed by atoms with Crippen molar-refractivity contribution in [3.05, 3.63) is 12.2 Å². The zero-order chi connectivity index (χ0) is 70.2. The van der Waals surface area contributed by atoms with Crippen LogP contribution in [0.2, 0.25) is 0 Å². The van der Waals surface area contributed by atoms with E-state index in [1.807, 2.05) is 6.08 Å². The molecule has 26 heteroatoms. The van der Waals surface area contributed by atoms with E-state index in [-0.39, 0.29) is 12.3 Å². The first-order valence-corrected chi connectivity index (χ1v) is 36.9. The molecular weight excluding hydrogens is 1250 g/mol. The average Bonchev–Trinajstić information content (AvgIpc) is 0.778. The summed E-state index contributed by atoms with van der Waals surface area (Å²) in [5.41, 5.74) is 0. The summed E-state index contributed by atoms with van der Waals surface area (Å²) >= 11 is 0. The molecule has 0 radical (unpaired) electrons. The summed E-state index contributed by atoms with van der Waals surface area (Å²) in [5, 5.41) is 141. The fourth-order valence-corrected chi connectivity index (χ4v) is 13.2. The number of unbranched alkanes of at least 4 members (excludes halogenated alkanes) is 31. The number of amides is 3. The van der Waals surface area contributed by atoms with Gasteiger partial charge in [0.25, 0.3) is 0 Å². The Bertz CT molecular complexity index is 2060. The third kappa shape index (κ3) is 30.5. The predicted octanol–water partition coefficient (Wildman–Crippen LogP) is 4.27. The zero-order valence-electron chi connectivity index (χ0n) is 58.3. The van der Waals surface area contributed by atoms with Crippen molar-refractivity contribution in [2.45, 2.75) is 381 Å². The van der Waals surface area contributed by atoms with Crippen LogP contribution in [0.15, 0.2) is 12.2 Å². The van der Waals surface area contributed by atoms with E-state index in [1.165, 1.54) is 154 Å². The van der Waals surface area contributed by atoms with Gasteiger partial charge in [0, 0.05) is 20.3 Å². The minimum atomic E-state index is -2.18. The minimum absolute atomic E-state index is 0.198. The third-order valence-electron chi connectivity index (χ3n) is 19.0. The largest absolute Gasteiger partial charge is 0.394 e. The van der Waals surface area contributed by atoms with E-state index in [4.69, 9.17) is 37.9 Å². The second-order valence-electron chi connectivity index (χ2n) is 27.2. The molecule has 4 fully saturated rings. The van der Waals surface area contributed by atoms with Gasteiger partial charge < -0.3 is 115 Å². The summed E-state index contributed by atoms with van der Waals surface area (Å²) in [6.45, 7) is 2.56. The summed E-state index contributed by atoms with van der Waals surface area (Å²) in [5.74, 6) is -1.80. The molecule has 4 saturated heterocycles. The third-order valence-corrected chi connectivity index (χ3v) is 19.0. The summed E-state index contributed by atoms with van der Waals surface area (Å²) in [6.07, 6.45) is 9.49. The minimum Gasteiger partial charge on any atom is -0.394 e. The van der Waals surface area contributed by atoms with Gasteiger partial charge in [-0.15, -0.1) is 0 Å². The highest BCUT2D eigenvalue weighted by molar-refractivity contribution is 5.76. The molecule has 0 aliphatic carbocycles. The van der Waals surface area contributed by atoms with E-state index >= 15 is 0 Å². The number of hydrogen-bond acceptors (Lipinski definition) is 23. The molecule has 0 aromatic carbocycles. The maximum atomic E-state index is 13.5. The molecule has 3 amide bonds. The zero-order valence-corrected chi connectivity index (χ0v) is 58.3. The quantitative estimate of drug-likeness (QED) is 0.0299. The lowest BCUT2D eigenvalue weighted by atomic mass is 9.94. The summed E-state index contributed by atoms with van der Waals surface area (Å²) in [6, 6.07) is -4.26. The maximum absolute atomic E-state index is 13.5. The van der Waals surface area contributed by atoms with Crippen molar-refractivity contribution in [1.82, 2.24) is 16.0 Å². The molecule has 26 nitrogen and oxygen atoms in total. The lowest BCUT2D eigenvalue weighted by molar-refractivity contribution is -0.391. The van der Waals surface area contributed by atoms with Crippen molar-refractivity contribution in [2.24, 2.45) is 0 Å². The molecule has 0 aromatic rings. The molecule has 0 saturated carbocycles. The van der Waals surface area contributed by atoms with Crippen LogP contribution in [0.1, 0.15) is 246 Å². The average molecular weight is 1380 g/mol. The lowest BCUT2D eigenvalue weighted by Gasteiger charge is -2.51. The normalized spacial score (nSPS) is 31.7. The standard InChI is InChI=1S/C70H129N3O23/c1-5-7-9-11-13-15-17-19-20-21-22-23-24-25-26-28-30-32-34-36-38-40-54(81)73-48(49(80)39-37-35-33-31-29-27-18-16-14-12-10-8-6-2)45-89-69-62(87)61(86)64(52(43-76)92-69)94-70-63(88)66(96-68-56(72-47(4)79)60(85)58(83)51(42-75)91-68)65(53(44-77)93-70)95-67-55(71-46(3)78)59(84)57(82)50(41-74)90-67/h37,39,48-53,55-70,74-77,80,82-88H,5-36,38,40-45H2,1-4H3,(H,71,78)(H,72,79)(H,73,81). The molecule has 0 aromatic heterocycles. The van der Waals surface area contributed by atoms with E-state index in [9.17, 15) is 75.7 Å². The highest BCUT2D eigenvalue weighted by Crippen LogP contribution is 2.36. The molecule has 0 spiro atoms. The fraction of sp³-hybridized carbons (Fsp3) is 0.929. The van der Waals surface area contributed by atoms with Crippen LogP contribution in [0.4, 0.5) is 0 Å². The highest BCUT2D eigenvalue weighted by atomic mass is 16.8. The first-order valence-electron chi connectivity index (χ1n) is 36.9. The maximum Gasteiger partial charge on any atom is 0.220 e. The lowest BCUT2D eigenvalue weighted by Crippen LogP contribution is -2.70. The van der Waals surface area contributed by atoms with Gasteiger partial charge in [-0.05, 0) is 19.3 Å². The van der Waals surface area contributed by atoms with Gasteiger partial charge >= 0.3 is 0 Å². The van der Waals surface area contributed by atoms with Crippen LogP contribution < -0.4 is 16.0 Å². The van der Waals surface area contributed by atoms with Gasteiger partial charge in [0.05, 0.1) is 45.2 Å². The van der Waals surface area contributed by atoms with Gasteiger partial charge in [0.2, 0.25) is 17.7 Å². The number of allylic oxidation sites excluding steroid dienone is 1. The Hall–Kier alpha value is -2.65. The van der Waals surface area contributed by atoms with Gasteiger partial charge in [-0.3, -0.25) is 14.4 Å². The fourth-order valence-electron chi connectivity index (χ4n) is 13.2. The van der Waals surface area contributed by atoms with Gasteiger partial charge in [0.15, 0.2) is 25.2 Å². The first kappa shape index (κ1) is 85.8. The Morgan fingerprint density at radius 1 is 0.406 bits per heavy atom. The van der Waals surface area contributed by atoms with E-state index < -0.39 is 180 Å². The number of carbonyl (C=O) groups is 3. The molecule has 22 unspecified atom stereocenters. The van der Waals surface area contributed by atoms with Crippen LogP contribution in [-0.4, -0.2) is 247 Å². The van der Waals surface area contributed by atoms with Crippen LogP contribution in [0, 0.1) is 0 Å². The smallest absolute Gasteiger partial charge is 0.220 e. The second kappa shape index (κ2) is 49.8. The molecule has 4 aliphatic heterocycles. The molecular formula is C70H129N3O23. The molecule has 96 heavy (non-hydrogen) atoms. The highest BCUT2D eigenvalue weighted by Gasteiger charge is 2.57. The number of carbonyl (C=O) groups excluding carboxylic acids is 3. The number of aliphatic hydroxyl groups is 12. The van der Waals surface area contributed by atoms with E-state index in [0.29, 0.717) is 12.8 Å². The first-order chi connectivity index (χ1) is 46.3. The Morgan fingerprint density at radius 2 is 0.760 bits per heavy atom. The number of nitrogens with one attached hydrogen (secondary N) is 3.